The third-order valence-electron chi connectivity index (χ3n) is 3.43. The van der Waals surface area contributed by atoms with Crippen molar-refractivity contribution in [3.63, 3.8) is 0 Å². The Hall–Kier alpha value is -1.94. The van der Waals surface area contributed by atoms with Crippen molar-refractivity contribution >= 4 is 13.1 Å². The monoisotopic (exact) mass is 266 g/mol. The molecule has 0 saturated carbocycles. The van der Waals surface area contributed by atoms with Gasteiger partial charge in [0.2, 0.25) is 0 Å². The molecule has 20 heavy (non-hydrogen) atoms. The molecule has 0 bridgehead atoms. The number of rotatable bonds is 3. The van der Waals surface area contributed by atoms with Gasteiger partial charge in [0.05, 0.1) is 19.4 Å². The van der Waals surface area contributed by atoms with E-state index in [1.54, 1.807) is 7.11 Å². The first-order valence-corrected chi connectivity index (χ1v) is 6.78. The Balaban J connectivity index is 2.03. The highest BCUT2D eigenvalue weighted by atomic mass is 16.7. The van der Waals surface area contributed by atoms with E-state index in [0.29, 0.717) is 0 Å². The molecular weight excluding hydrogens is 249 g/mol. The van der Waals surface area contributed by atoms with Crippen molar-refractivity contribution in [2.45, 2.75) is 13.2 Å². The summed E-state index contributed by atoms with van der Waals surface area (Å²) in [5.41, 5.74) is 4.65. The minimum Gasteiger partial charge on any atom is -0.497 e. The number of benzene rings is 2. The fourth-order valence-corrected chi connectivity index (χ4v) is 2.39. The summed E-state index contributed by atoms with van der Waals surface area (Å²) >= 11 is 0. The Kier molecular flexibility index (Phi) is 3.65. The molecule has 101 valence electrons. The maximum Gasteiger partial charge on any atom is 0.288 e. The van der Waals surface area contributed by atoms with Crippen LogP contribution >= 0.6 is 0 Å². The van der Waals surface area contributed by atoms with Crippen molar-refractivity contribution in [2.24, 2.45) is 0 Å². The van der Waals surface area contributed by atoms with E-state index in [9.17, 15) is 0 Å². The molecule has 0 aromatic heterocycles. The van der Waals surface area contributed by atoms with E-state index in [1.165, 1.54) is 11.1 Å². The largest absolute Gasteiger partial charge is 0.497 e. The zero-order valence-electron chi connectivity index (χ0n) is 11.8. The first-order chi connectivity index (χ1) is 9.78. The second-order valence-electron chi connectivity index (χ2n) is 4.88. The first kappa shape index (κ1) is 13.1. The molecular formula is C16H17BNO2. The molecule has 0 atom stereocenters. The summed E-state index contributed by atoms with van der Waals surface area (Å²) in [4.78, 5) is 7.51. The summed E-state index contributed by atoms with van der Waals surface area (Å²) in [6, 6.07) is 14.5. The molecule has 1 radical (unpaired) electrons. The molecule has 1 heterocycles. The van der Waals surface area contributed by atoms with E-state index >= 15 is 0 Å². The minimum atomic E-state index is 0.746. The number of anilines is 1. The highest BCUT2D eigenvalue weighted by Gasteiger charge is 2.19. The first-order valence-electron chi connectivity index (χ1n) is 6.78. The highest BCUT2D eigenvalue weighted by Crippen LogP contribution is 2.33. The molecule has 1 fully saturated rings. The van der Waals surface area contributed by atoms with Crippen LogP contribution in [0.15, 0.2) is 42.5 Å². The van der Waals surface area contributed by atoms with Gasteiger partial charge in [-0.05, 0) is 43.1 Å². The maximum absolute atomic E-state index is 5.64. The van der Waals surface area contributed by atoms with E-state index in [2.05, 4.69) is 44.7 Å². The summed E-state index contributed by atoms with van der Waals surface area (Å²) in [6.45, 7) is 2.85. The smallest absolute Gasteiger partial charge is 0.288 e. The number of aryl methyl sites for hydroxylation is 1. The number of hydrogen-bond donors (Lipinski definition) is 0. The molecule has 2 aromatic carbocycles. The van der Waals surface area contributed by atoms with E-state index in [4.69, 9.17) is 9.57 Å². The van der Waals surface area contributed by atoms with Crippen molar-refractivity contribution in [3.8, 4) is 16.9 Å². The molecule has 1 aliphatic rings. The number of methoxy groups -OCH3 is 1. The molecule has 3 rings (SSSR count). The quantitative estimate of drug-likeness (QED) is 0.794. The van der Waals surface area contributed by atoms with Gasteiger partial charge in [-0.15, -0.1) is 0 Å². The van der Waals surface area contributed by atoms with E-state index in [0.717, 1.165) is 29.9 Å². The normalized spacial score (nSPS) is 14.2. The van der Waals surface area contributed by atoms with E-state index < -0.39 is 0 Å². The highest BCUT2D eigenvalue weighted by molar-refractivity contribution is 6.41. The Morgan fingerprint density at radius 3 is 2.60 bits per heavy atom. The van der Waals surface area contributed by atoms with Gasteiger partial charge in [0.1, 0.15) is 5.75 Å². The third kappa shape index (κ3) is 2.52. The Morgan fingerprint density at radius 2 is 1.95 bits per heavy atom. The lowest BCUT2D eigenvalue weighted by atomic mass is 9.88. The van der Waals surface area contributed by atoms with Crippen LogP contribution in [-0.4, -0.2) is 21.1 Å². The van der Waals surface area contributed by atoms with Crippen LogP contribution in [0.3, 0.4) is 0 Å². The van der Waals surface area contributed by atoms with Gasteiger partial charge >= 0.3 is 0 Å². The molecule has 2 aromatic rings. The van der Waals surface area contributed by atoms with Crippen LogP contribution in [0, 0.1) is 6.92 Å². The Bertz CT molecular complexity index is 592. The SMILES string of the molecule is COc1ccc(-c2cc(C)ccc2N2[B]CCO2)cc1. The zero-order valence-corrected chi connectivity index (χ0v) is 11.8. The van der Waals surface area contributed by atoms with Crippen LogP contribution in [0.1, 0.15) is 5.56 Å². The molecule has 0 N–H and O–H groups in total. The fourth-order valence-electron chi connectivity index (χ4n) is 2.39. The predicted octanol–water partition coefficient (Wildman–Crippen LogP) is 3.46. The topological polar surface area (TPSA) is 21.7 Å². The van der Waals surface area contributed by atoms with Crippen LogP contribution in [0.5, 0.6) is 5.75 Å². The molecule has 1 saturated heterocycles. The van der Waals surface area contributed by atoms with Crippen LogP contribution in [0.2, 0.25) is 6.32 Å². The van der Waals surface area contributed by atoms with Crippen LogP contribution in [0.4, 0.5) is 5.69 Å². The fraction of sp³-hybridized carbons (Fsp3) is 0.250. The third-order valence-corrected chi connectivity index (χ3v) is 3.43. The van der Waals surface area contributed by atoms with Crippen LogP contribution < -0.4 is 9.71 Å². The van der Waals surface area contributed by atoms with Crippen molar-refractivity contribution in [1.29, 1.82) is 0 Å². The van der Waals surface area contributed by atoms with Gasteiger partial charge in [-0.2, -0.15) is 0 Å². The van der Waals surface area contributed by atoms with Gasteiger partial charge in [-0.1, -0.05) is 23.8 Å². The summed E-state index contributed by atoms with van der Waals surface area (Å²) in [5.74, 6) is 0.868. The molecule has 1 aliphatic heterocycles. The second-order valence-corrected chi connectivity index (χ2v) is 4.88. The van der Waals surface area contributed by atoms with E-state index in [-0.39, 0.29) is 0 Å². The summed E-state index contributed by atoms with van der Waals surface area (Å²) in [6.07, 6.45) is 0.954. The van der Waals surface area contributed by atoms with Crippen molar-refractivity contribution in [3.05, 3.63) is 48.0 Å². The summed E-state index contributed by atoms with van der Waals surface area (Å²) in [7, 11) is 3.76. The number of ether oxygens (including phenoxy) is 1. The van der Waals surface area contributed by atoms with Gasteiger partial charge in [0.15, 0.2) is 0 Å². The van der Waals surface area contributed by atoms with Gasteiger partial charge in [0.25, 0.3) is 7.41 Å². The molecule has 3 nitrogen and oxygen atoms in total. The maximum atomic E-state index is 5.64. The molecule has 0 amide bonds. The summed E-state index contributed by atoms with van der Waals surface area (Å²) < 4.78 is 5.22. The molecule has 4 heteroatoms. The lowest BCUT2D eigenvalue weighted by Crippen LogP contribution is -2.19. The average molecular weight is 266 g/mol. The minimum absolute atomic E-state index is 0.746. The van der Waals surface area contributed by atoms with Gasteiger partial charge in [-0.25, -0.2) is 0 Å². The molecule has 0 aliphatic carbocycles. The molecule has 0 spiro atoms. The van der Waals surface area contributed by atoms with Gasteiger partial charge in [-0.3, -0.25) is 4.84 Å². The Labute approximate surface area is 120 Å². The predicted molar refractivity (Wildman–Crippen MR) is 82.2 cm³/mol. The number of hydrogen-bond acceptors (Lipinski definition) is 3. The van der Waals surface area contributed by atoms with Crippen LogP contribution in [-0.2, 0) is 4.84 Å². The number of nitrogens with zero attached hydrogens (tertiary/aromatic N) is 1. The lowest BCUT2D eigenvalue weighted by Gasteiger charge is -2.21. The summed E-state index contributed by atoms with van der Waals surface area (Å²) in [5, 5.41) is 0. The lowest BCUT2D eigenvalue weighted by molar-refractivity contribution is 0.185. The van der Waals surface area contributed by atoms with Crippen molar-refractivity contribution in [1.82, 2.24) is 0 Å². The van der Waals surface area contributed by atoms with E-state index in [1.807, 2.05) is 17.1 Å². The van der Waals surface area contributed by atoms with Crippen LogP contribution in [0.25, 0.3) is 11.1 Å². The Morgan fingerprint density at radius 1 is 1.15 bits per heavy atom. The molecule has 0 unspecified atom stereocenters. The van der Waals surface area contributed by atoms with Crippen molar-refractivity contribution in [2.75, 3.05) is 18.7 Å². The van der Waals surface area contributed by atoms with Crippen molar-refractivity contribution < 1.29 is 9.57 Å². The average Bonchev–Trinajstić information content (AvgIpc) is 3.01. The zero-order chi connectivity index (χ0) is 13.9. The van der Waals surface area contributed by atoms with Gasteiger partial charge in [0, 0.05) is 5.56 Å². The standard InChI is InChI=1S/C16H17BNO2/c1-12-3-8-16(18-17-9-10-20-18)15(11-12)13-4-6-14(19-2)7-5-13/h3-8,11H,9-10H2,1-2H3. The van der Waals surface area contributed by atoms with Gasteiger partial charge < -0.3 is 9.71 Å². The second kappa shape index (κ2) is 5.59.